The van der Waals surface area contributed by atoms with Crippen LogP contribution in [-0.2, 0) is 9.53 Å². The Morgan fingerprint density at radius 2 is 1.97 bits per heavy atom. The number of nitrogens with zero attached hydrogens (tertiary/aromatic N) is 3. The summed E-state index contributed by atoms with van der Waals surface area (Å²) >= 11 is 1.18. The van der Waals surface area contributed by atoms with Gasteiger partial charge in [-0.05, 0) is 38.0 Å². The zero-order chi connectivity index (χ0) is 23.7. The Balaban J connectivity index is 1.94. The summed E-state index contributed by atoms with van der Waals surface area (Å²) in [5.74, 6) is -0.516. The zero-order valence-electron chi connectivity index (χ0n) is 18.3. The number of ether oxygens (including phenoxy) is 1. The van der Waals surface area contributed by atoms with Crippen molar-refractivity contribution in [3.63, 3.8) is 0 Å². The molecule has 1 aliphatic rings. The van der Waals surface area contributed by atoms with Gasteiger partial charge in [-0.2, -0.15) is 0 Å². The van der Waals surface area contributed by atoms with E-state index in [1.807, 2.05) is 31.2 Å². The van der Waals surface area contributed by atoms with Gasteiger partial charge in [-0.1, -0.05) is 53.3 Å². The van der Waals surface area contributed by atoms with E-state index in [1.54, 1.807) is 32.1 Å². The predicted molar refractivity (Wildman–Crippen MR) is 125 cm³/mol. The number of aryl methyl sites for hydroxylation is 1. The number of benzene rings is 2. The molecule has 0 saturated carbocycles. The van der Waals surface area contributed by atoms with E-state index < -0.39 is 16.9 Å². The van der Waals surface area contributed by atoms with E-state index in [-0.39, 0.29) is 17.9 Å². The Hall–Kier alpha value is -3.85. The van der Waals surface area contributed by atoms with E-state index >= 15 is 0 Å². The highest BCUT2D eigenvalue weighted by Gasteiger charge is 2.33. The lowest BCUT2D eigenvalue weighted by atomic mass is 9.95. The molecular formula is C24H21N3O5S. The van der Waals surface area contributed by atoms with Crippen LogP contribution in [0.2, 0.25) is 0 Å². The molecule has 0 aliphatic carbocycles. The molecule has 0 spiro atoms. The van der Waals surface area contributed by atoms with Crippen LogP contribution in [0.15, 0.2) is 69.6 Å². The van der Waals surface area contributed by atoms with Crippen LogP contribution in [0.25, 0.3) is 6.08 Å². The standard InChI is InChI=1S/C24H21N3O5S/c1-4-32-23(29)20-15(3)25-24-26(21(20)17-10-8-14(2)9-11-17)22(28)19(33-24)13-16-6-5-7-18(12-16)27(30)31/h5-13,21H,4H2,1-3H3/b19-13+/t21-/m0/s1. The fourth-order valence-electron chi connectivity index (χ4n) is 3.74. The maximum Gasteiger partial charge on any atom is 0.338 e. The van der Waals surface area contributed by atoms with Crippen molar-refractivity contribution in [3.05, 3.63) is 106 Å². The van der Waals surface area contributed by atoms with Crippen LogP contribution in [0.3, 0.4) is 0 Å². The third-order valence-corrected chi connectivity index (χ3v) is 6.27. The number of hydrogen-bond acceptors (Lipinski definition) is 7. The summed E-state index contributed by atoms with van der Waals surface area (Å²) in [5, 5.41) is 11.1. The van der Waals surface area contributed by atoms with Crippen molar-refractivity contribution in [1.82, 2.24) is 4.57 Å². The number of rotatable bonds is 5. The maximum atomic E-state index is 13.5. The smallest absolute Gasteiger partial charge is 0.338 e. The monoisotopic (exact) mass is 463 g/mol. The molecule has 0 unspecified atom stereocenters. The van der Waals surface area contributed by atoms with Gasteiger partial charge in [-0.25, -0.2) is 9.79 Å². The van der Waals surface area contributed by atoms with Crippen molar-refractivity contribution < 1.29 is 14.5 Å². The van der Waals surface area contributed by atoms with Gasteiger partial charge in [0.25, 0.3) is 11.2 Å². The van der Waals surface area contributed by atoms with Crippen molar-refractivity contribution in [1.29, 1.82) is 0 Å². The second-order valence-electron chi connectivity index (χ2n) is 7.57. The fourth-order valence-corrected chi connectivity index (χ4v) is 4.78. The zero-order valence-corrected chi connectivity index (χ0v) is 19.1. The quantitative estimate of drug-likeness (QED) is 0.329. The first-order valence-electron chi connectivity index (χ1n) is 10.3. The van der Waals surface area contributed by atoms with Gasteiger partial charge in [0.15, 0.2) is 4.80 Å². The molecule has 4 rings (SSSR count). The van der Waals surface area contributed by atoms with Gasteiger partial charge in [0, 0.05) is 12.1 Å². The normalized spacial score (nSPS) is 15.7. The lowest BCUT2D eigenvalue weighted by Crippen LogP contribution is -2.39. The van der Waals surface area contributed by atoms with E-state index in [4.69, 9.17) is 4.74 Å². The van der Waals surface area contributed by atoms with Crippen LogP contribution in [0.5, 0.6) is 0 Å². The summed E-state index contributed by atoms with van der Waals surface area (Å²) in [6.45, 7) is 5.61. The van der Waals surface area contributed by atoms with Gasteiger partial charge in [-0.3, -0.25) is 19.5 Å². The minimum Gasteiger partial charge on any atom is -0.463 e. The number of thiazole rings is 1. The van der Waals surface area contributed by atoms with Crippen molar-refractivity contribution >= 4 is 29.1 Å². The van der Waals surface area contributed by atoms with Gasteiger partial charge >= 0.3 is 5.97 Å². The minimum absolute atomic E-state index is 0.0606. The third kappa shape index (κ3) is 4.27. The number of carbonyl (C=O) groups is 1. The van der Waals surface area contributed by atoms with Gasteiger partial charge < -0.3 is 4.74 Å². The molecule has 0 radical (unpaired) electrons. The number of carbonyl (C=O) groups excluding carboxylic acids is 1. The van der Waals surface area contributed by atoms with Crippen molar-refractivity contribution in [3.8, 4) is 0 Å². The predicted octanol–water partition coefficient (Wildman–Crippen LogP) is 3.01. The molecule has 3 aromatic rings. The lowest BCUT2D eigenvalue weighted by Gasteiger charge is -2.24. The van der Waals surface area contributed by atoms with E-state index in [2.05, 4.69) is 4.99 Å². The summed E-state index contributed by atoms with van der Waals surface area (Å²) in [7, 11) is 0. The first-order chi connectivity index (χ1) is 15.8. The second-order valence-corrected chi connectivity index (χ2v) is 8.57. The minimum atomic E-state index is -0.687. The Labute approximate surface area is 192 Å². The Morgan fingerprint density at radius 1 is 1.24 bits per heavy atom. The number of allylic oxidation sites excluding steroid dienone is 1. The van der Waals surface area contributed by atoms with Gasteiger partial charge in [-0.15, -0.1) is 0 Å². The number of aromatic nitrogens is 1. The second kappa shape index (κ2) is 8.95. The molecule has 33 heavy (non-hydrogen) atoms. The molecule has 0 bridgehead atoms. The molecule has 0 saturated heterocycles. The summed E-state index contributed by atoms with van der Waals surface area (Å²) in [4.78, 5) is 42.0. The van der Waals surface area contributed by atoms with Crippen molar-refractivity contribution in [2.24, 2.45) is 4.99 Å². The van der Waals surface area contributed by atoms with Crippen molar-refractivity contribution in [2.75, 3.05) is 6.61 Å². The van der Waals surface area contributed by atoms with Crippen LogP contribution < -0.4 is 14.9 Å². The largest absolute Gasteiger partial charge is 0.463 e. The molecule has 0 fully saturated rings. The molecule has 1 aliphatic heterocycles. The Bertz CT molecular complexity index is 1460. The van der Waals surface area contributed by atoms with E-state index in [1.165, 1.54) is 28.0 Å². The van der Waals surface area contributed by atoms with Crippen LogP contribution in [0.4, 0.5) is 5.69 Å². The molecule has 0 N–H and O–H groups in total. The molecule has 168 valence electrons. The van der Waals surface area contributed by atoms with Crippen LogP contribution in [0, 0.1) is 17.0 Å². The topological polar surface area (TPSA) is 104 Å². The number of nitro groups is 1. The third-order valence-electron chi connectivity index (χ3n) is 5.29. The Kier molecular flexibility index (Phi) is 6.06. The van der Waals surface area contributed by atoms with Crippen LogP contribution in [0.1, 0.15) is 36.6 Å². The first kappa shape index (κ1) is 22.3. The summed E-state index contributed by atoms with van der Waals surface area (Å²) in [6, 6.07) is 13.0. The van der Waals surface area contributed by atoms with Crippen LogP contribution in [-0.4, -0.2) is 22.1 Å². The number of hydrogen-bond donors (Lipinski definition) is 0. The highest BCUT2D eigenvalue weighted by molar-refractivity contribution is 7.07. The molecule has 2 aromatic carbocycles. The fraction of sp³-hybridized carbons (Fsp3) is 0.208. The van der Waals surface area contributed by atoms with Crippen LogP contribution >= 0.6 is 11.3 Å². The molecule has 1 aromatic heterocycles. The average Bonchev–Trinajstić information content (AvgIpc) is 3.08. The SMILES string of the molecule is CCOC(=O)C1=C(C)N=c2s/c(=C/c3cccc([N+](=O)[O-])c3)c(=O)n2[C@H]1c1ccc(C)cc1. The summed E-state index contributed by atoms with van der Waals surface area (Å²) in [5.41, 5.74) is 2.76. The number of fused-ring (bicyclic) bond motifs is 1. The van der Waals surface area contributed by atoms with Gasteiger partial charge in [0.05, 0.1) is 33.4 Å². The molecule has 9 heteroatoms. The lowest BCUT2D eigenvalue weighted by molar-refractivity contribution is -0.384. The first-order valence-corrected chi connectivity index (χ1v) is 11.1. The van der Waals surface area contributed by atoms with Gasteiger partial charge in [0.2, 0.25) is 0 Å². The Morgan fingerprint density at radius 3 is 2.64 bits per heavy atom. The van der Waals surface area contributed by atoms with Gasteiger partial charge in [0.1, 0.15) is 0 Å². The summed E-state index contributed by atoms with van der Waals surface area (Å²) < 4.78 is 7.14. The van der Waals surface area contributed by atoms with E-state index in [0.29, 0.717) is 26.2 Å². The molecule has 8 nitrogen and oxygen atoms in total. The van der Waals surface area contributed by atoms with E-state index in [0.717, 1.165) is 11.1 Å². The number of non-ortho nitro benzene ring substituents is 1. The number of nitro benzene ring substituents is 1. The molecule has 2 heterocycles. The number of esters is 1. The van der Waals surface area contributed by atoms with E-state index in [9.17, 15) is 19.7 Å². The molecule has 1 atom stereocenters. The maximum absolute atomic E-state index is 13.5. The molecule has 0 amide bonds. The highest BCUT2D eigenvalue weighted by Crippen LogP contribution is 2.30. The molecular weight excluding hydrogens is 442 g/mol. The highest BCUT2D eigenvalue weighted by atomic mass is 32.1. The van der Waals surface area contributed by atoms with Crippen molar-refractivity contribution in [2.45, 2.75) is 26.8 Å². The summed E-state index contributed by atoms with van der Waals surface area (Å²) in [6.07, 6.45) is 1.60. The average molecular weight is 464 g/mol.